The first-order valence-electron chi connectivity index (χ1n) is 11.1. The second-order valence-corrected chi connectivity index (χ2v) is 8.65. The van der Waals surface area contributed by atoms with Crippen LogP contribution in [0.1, 0.15) is 63.5 Å². The number of halogens is 1. The van der Waals surface area contributed by atoms with Gasteiger partial charge in [0, 0.05) is 5.56 Å². The number of benzene rings is 2. The molecule has 1 heteroatoms. The van der Waals surface area contributed by atoms with E-state index in [0.717, 1.165) is 41.9 Å². The third kappa shape index (κ3) is 4.61. The van der Waals surface area contributed by atoms with E-state index < -0.39 is 0 Å². The molecule has 2 aromatic carbocycles. The molecule has 0 amide bonds. The van der Waals surface area contributed by atoms with Crippen molar-refractivity contribution in [2.75, 3.05) is 0 Å². The van der Waals surface area contributed by atoms with Crippen molar-refractivity contribution < 1.29 is 4.39 Å². The van der Waals surface area contributed by atoms with E-state index in [0.29, 0.717) is 5.56 Å². The van der Waals surface area contributed by atoms with Crippen molar-refractivity contribution in [1.82, 2.24) is 0 Å². The van der Waals surface area contributed by atoms with Gasteiger partial charge in [-0.3, -0.25) is 0 Å². The summed E-state index contributed by atoms with van der Waals surface area (Å²) in [4.78, 5) is 0. The minimum atomic E-state index is -0.148. The molecule has 2 aliphatic rings. The minimum Gasteiger partial charge on any atom is -0.206 e. The highest BCUT2D eigenvalue weighted by Crippen LogP contribution is 2.35. The Balaban J connectivity index is 1.50. The lowest BCUT2D eigenvalue weighted by Gasteiger charge is -2.23. The fraction of sp³-hybridized carbons (Fsp3) is 0.357. The molecule has 1 saturated carbocycles. The summed E-state index contributed by atoms with van der Waals surface area (Å²) in [5.41, 5.74) is 8.13. The van der Waals surface area contributed by atoms with Crippen LogP contribution in [0.3, 0.4) is 0 Å². The third-order valence-electron chi connectivity index (χ3n) is 6.44. The van der Waals surface area contributed by atoms with Crippen molar-refractivity contribution in [2.45, 2.75) is 58.8 Å². The first-order chi connectivity index (χ1) is 14.1. The average molecular weight is 387 g/mol. The lowest BCUT2D eigenvalue weighted by Crippen LogP contribution is -2.06. The summed E-state index contributed by atoms with van der Waals surface area (Å²) in [6.45, 7) is 4.53. The zero-order chi connectivity index (χ0) is 20.2. The maximum Gasteiger partial charge on any atom is 0.131 e. The first-order valence-corrected chi connectivity index (χ1v) is 11.1. The molecule has 2 aromatic rings. The molecule has 2 aliphatic carbocycles. The summed E-state index contributed by atoms with van der Waals surface area (Å²) < 4.78 is 14.9. The van der Waals surface area contributed by atoms with Gasteiger partial charge in [0.1, 0.15) is 5.82 Å². The van der Waals surface area contributed by atoms with Crippen LogP contribution in [0, 0.1) is 11.7 Å². The Hall–Kier alpha value is -2.41. The molecule has 0 radical (unpaired) electrons. The highest BCUT2D eigenvalue weighted by Gasteiger charge is 2.16. The van der Waals surface area contributed by atoms with E-state index in [1.165, 1.54) is 36.8 Å². The zero-order valence-corrected chi connectivity index (χ0v) is 17.7. The van der Waals surface area contributed by atoms with Crippen molar-refractivity contribution in [3.63, 3.8) is 0 Å². The van der Waals surface area contributed by atoms with Gasteiger partial charge < -0.3 is 0 Å². The van der Waals surface area contributed by atoms with Crippen LogP contribution in [-0.2, 0) is 6.42 Å². The molecule has 150 valence electrons. The summed E-state index contributed by atoms with van der Waals surface area (Å²) in [6.07, 6.45) is 15.0. The predicted molar refractivity (Wildman–Crippen MR) is 122 cm³/mol. The van der Waals surface area contributed by atoms with E-state index >= 15 is 0 Å². The number of aryl methyl sites for hydroxylation is 1. The van der Waals surface area contributed by atoms with Crippen molar-refractivity contribution >= 4 is 5.57 Å². The molecule has 0 spiro atoms. The maximum absolute atomic E-state index is 14.9. The van der Waals surface area contributed by atoms with Gasteiger partial charge in [0.2, 0.25) is 0 Å². The van der Waals surface area contributed by atoms with Gasteiger partial charge in [-0.05, 0) is 78.3 Å². The van der Waals surface area contributed by atoms with E-state index in [4.69, 9.17) is 0 Å². The largest absolute Gasteiger partial charge is 0.206 e. The average Bonchev–Trinajstić information content (AvgIpc) is 2.75. The van der Waals surface area contributed by atoms with E-state index in [-0.39, 0.29) is 5.82 Å². The van der Waals surface area contributed by atoms with Crippen LogP contribution in [0.4, 0.5) is 4.39 Å². The molecule has 0 atom stereocenters. The Bertz CT molecular complexity index is 946. The monoisotopic (exact) mass is 386 g/mol. The topological polar surface area (TPSA) is 0 Å². The molecule has 29 heavy (non-hydrogen) atoms. The van der Waals surface area contributed by atoms with E-state index in [1.807, 2.05) is 18.2 Å². The van der Waals surface area contributed by atoms with Gasteiger partial charge in [0.15, 0.2) is 0 Å². The van der Waals surface area contributed by atoms with Crippen LogP contribution < -0.4 is 0 Å². The number of allylic oxidation sites excluding steroid dienone is 6. The lowest BCUT2D eigenvalue weighted by atomic mass is 9.82. The van der Waals surface area contributed by atoms with E-state index in [2.05, 4.69) is 50.3 Å². The predicted octanol–water partition coefficient (Wildman–Crippen LogP) is 8.30. The molecule has 0 heterocycles. The number of hydrogen-bond acceptors (Lipinski definition) is 0. The van der Waals surface area contributed by atoms with Gasteiger partial charge in [-0.1, -0.05) is 80.5 Å². The summed E-state index contributed by atoms with van der Waals surface area (Å²) in [5.74, 6) is 0.716. The van der Waals surface area contributed by atoms with Crippen LogP contribution in [0.2, 0.25) is 0 Å². The van der Waals surface area contributed by atoms with Crippen LogP contribution in [0.15, 0.2) is 71.8 Å². The van der Waals surface area contributed by atoms with Crippen LogP contribution in [0.25, 0.3) is 16.7 Å². The van der Waals surface area contributed by atoms with Gasteiger partial charge in [0.25, 0.3) is 0 Å². The van der Waals surface area contributed by atoms with Crippen molar-refractivity contribution in [3.05, 3.63) is 88.8 Å². The Morgan fingerprint density at radius 3 is 2.28 bits per heavy atom. The fourth-order valence-corrected chi connectivity index (χ4v) is 4.52. The van der Waals surface area contributed by atoms with Gasteiger partial charge in [-0.15, -0.1) is 0 Å². The van der Waals surface area contributed by atoms with Gasteiger partial charge in [-0.25, -0.2) is 4.39 Å². The number of rotatable bonds is 4. The smallest absolute Gasteiger partial charge is 0.131 e. The summed E-state index contributed by atoms with van der Waals surface area (Å²) in [5, 5.41) is 0. The van der Waals surface area contributed by atoms with Crippen LogP contribution in [0.5, 0.6) is 0 Å². The summed E-state index contributed by atoms with van der Waals surface area (Å²) in [6, 6.07) is 13.9. The molecule has 0 N–H and O–H groups in total. The first kappa shape index (κ1) is 19.9. The Morgan fingerprint density at radius 1 is 0.931 bits per heavy atom. The quantitative estimate of drug-likeness (QED) is 0.496. The Morgan fingerprint density at radius 2 is 1.66 bits per heavy atom. The Kier molecular flexibility index (Phi) is 6.13. The third-order valence-corrected chi connectivity index (χ3v) is 6.44. The highest BCUT2D eigenvalue weighted by atomic mass is 19.1. The molecule has 4 rings (SSSR count). The minimum absolute atomic E-state index is 0.148. The molecule has 0 aromatic heterocycles. The maximum atomic E-state index is 14.9. The second-order valence-electron chi connectivity index (χ2n) is 8.65. The van der Waals surface area contributed by atoms with Crippen LogP contribution in [-0.4, -0.2) is 0 Å². The fourth-order valence-electron chi connectivity index (χ4n) is 4.52. The summed E-state index contributed by atoms with van der Waals surface area (Å²) >= 11 is 0. The molecular weight excluding hydrogens is 355 g/mol. The molecule has 0 aliphatic heterocycles. The molecule has 0 bridgehead atoms. The Labute approximate surface area is 174 Å². The highest BCUT2D eigenvalue weighted by molar-refractivity contribution is 5.78. The molecule has 0 unspecified atom stereocenters. The van der Waals surface area contributed by atoms with Crippen molar-refractivity contribution in [3.8, 4) is 11.1 Å². The normalized spacial score (nSPS) is 19.4. The molecule has 0 saturated heterocycles. The summed E-state index contributed by atoms with van der Waals surface area (Å²) in [7, 11) is 0. The second kappa shape index (κ2) is 8.95. The van der Waals surface area contributed by atoms with Gasteiger partial charge in [0.05, 0.1) is 0 Å². The van der Waals surface area contributed by atoms with Gasteiger partial charge >= 0.3 is 0 Å². The van der Waals surface area contributed by atoms with E-state index in [9.17, 15) is 4.39 Å². The number of hydrogen-bond donors (Lipinski definition) is 0. The van der Waals surface area contributed by atoms with Crippen LogP contribution >= 0.6 is 0 Å². The molecule has 0 nitrogen and oxygen atoms in total. The SMILES string of the molecule is CCCc1ccc(-c2ccc(C3=CCC(=C4CCC(C)CC4)C=C3)cc2F)cc1. The van der Waals surface area contributed by atoms with Gasteiger partial charge in [-0.2, -0.15) is 0 Å². The molecule has 1 fully saturated rings. The van der Waals surface area contributed by atoms with Crippen molar-refractivity contribution in [1.29, 1.82) is 0 Å². The molecular formula is C28H31F. The van der Waals surface area contributed by atoms with E-state index in [1.54, 1.807) is 11.6 Å². The zero-order valence-electron chi connectivity index (χ0n) is 17.7. The van der Waals surface area contributed by atoms with Crippen molar-refractivity contribution in [2.24, 2.45) is 5.92 Å². The lowest BCUT2D eigenvalue weighted by molar-refractivity contribution is 0.441. The standard InChI is InChI=1S/C28H31F/c1-3-4-21-7-11-25(12-8-21)27-18-17-26(19-28(27)29)24-15-13-23(14-16-24)22-9-5-20(2)6-10-22/h7-8,11-13,15-20H,3-6,9-10,14H2,1-2H3.